The van der Waals surface area contributed by atoms with Crippen LogP contribution in [0.25, 0.3) is 0 Å². The highest BCUT2D eigenvalue weighted by Crippen LogP contribution is 2.11. The van der Waals surface area contributed by atoms with Crippen molar-refractivity contribution in [2.45, 2.75) is 6.54 Å². The molecule has 0 spiro atoms. The summed E-state index contributed by atoms with van der Waals surface area (Å²) in [6.07, 6.45) is 1.50. The third kappa shape index (κ3) is 2.69. The zero-order valence-electron chi connectivity index (χ0n) is 11.4. The number of carbonyl (C=O) groups excluding carboxylic acids is 2. The maximum atomic E-state index is 12.0. The summed E-state index contributed by atoms with van der Waals surface area (Å²) in [5, 5.41) is 5.02. The van der Waals surface area contributed by atoms with Crippen molar-refractivity contribution in [3.8, 4) is 0 Å². The Kier molecular flexibility index (Phi) is 4.14. The number of nitrogens with one attached hydrogen (secondary N) is 2. The standard InChI is InChI=1S/C14H16N4O2/c1-15-13(19)11-12(14(20)16-2)18(9-17-11)8-10-6-4-3-5-7-10/h3-7,9H,8H2,1-2H3,(H,15,19)(H,16,20). The molecule has 104 valence electrons. The van der Waals surface area contributed by atoms with E-state index in [0.29, 0.717) is 6.54 Å². The lowest BCUT2D eigenvalue weighted by atomic mass is 10.2. The molecule has 2 N–H and O–H groups in total. The molecule has 0 aliphatic heterocycles. The SMILES string of the molecule is CNC(=O)c1ncn(Cc2ccccc2)c1C(=O)NC. The van der Waals surface area contributed by atoms with Gasteiger partial charge in [0.1, 0.15) is 5.69 Å². The van der Waals surface area contributed by atoms with Crippen molar-refractivity contribution >= 4 is 11.8 Å². The largest absolute Gasteiger partial charge is 0.354 e. The maximum absolute atomic E-state index is 12.0. The van der Waals surface area contributed by atoms with E-state index in [1.54, 1.807) is 4.57 Å². The first-order valence-corrected chi connectivity index (χ1v) is 6.20. The summed E-state index contributed by atoms with van der Waals surface area (Å²) < 4.78 is 1.67. The zero-order valence-corrected chi connectivity index (χ0v) is 11.4. The van der Waals surface area contributed by atoms with Gasteiger partial charge in [-0.2, -0.15) is 0 Å². The second kappa shape index (κ2) is 6.01. The number of hydrogen-bond donors (Lipinski definition) is 2. The van der Waals surface area contributed by atoms with Crippen molar-refractivity contribution in [2.75, 3.05) is 14.1 Å². The van der Waals surface area contributed by atoms with E-state index in [1.807, 2.05) is 30.3 Å². The minimum Gasteiger partial charge on any atom is -0.354 e. The first-order chi connectivity index (χ1) is 9.67. The van der Waals surface area contributed by atoms with E-state index in [4.69, 9.17) is 0 Å². The van der Waals surface area contributed by atoms with E-state index < -0.39 is 0 Å². The number of carbonyl (C=O) groups is 2. The van der Waals surface area contributed by atoms with E-state index in [0.717, 1.165) is 5.56 Å². The van der Waals surface area contributed by atoms with Gasteiger partial charge in [-0.1, -0.05) is 30.3 Å². The number of aromatic nitrogens is 2. The molecule has 2 amide bonds. The van der Waals surface area contributed by atoms with Crippen LogP contribution in [0, 0.1) is 0 Å². The van der Waals surface area contributed by atoms with Crippen molar-refractivity contribution in [1.29, 1.82) is 0 Å². The second-order valence-corrected chi connectivity index (χ2v) is 4.21. The predicted octanol–water partition coefficient (Wildman–Crippen LogP) is 0.651. The van der Waals surface area contributed by atoms with Gasteiger partial charge < -0.3 is 15.2 Å². The molecule has 0 unspecified atom stereocenters. The highest BCUT2D eigenvalue weighted by Gasteiger charge is 2.22. The molecule has 0 atom stereocenters. The third-order valence-electron chi connectivity index (χ3n) is 2.92. The van der Waals surface area contributed by atoms with E-state index in [2.05, 4.69) is 15.6 Å². The molecule has 0 fully saturated rings. The molecule has 0 aliphatic rings. The van der Waals surface area contributed by atoms with Gasteiger partial charge >= 0.3 is 0 Å². The fourth-order valence-corrected chi connectivity index (χ4v) is 1.92. The summed E-state index contributed by atoms with van der Waals surface area (Å²) in [6, 6.07) is 9.67. The minimum absolute atomic E-state index is 0.128. The average molecular weight is 272 g/mol. The fraction of sp³-hybridized carbons (Fsp3) is 0.214. The lowest BCUT2D eigenvalue weighted by Crippen LogP contribution is -2.27. The van der Waals surface area contributed by atoms with Crippen molar-refractivity contribution in [2.24, 2.45) is 0 Å². The summed E-state index contributed by atoms with van der Waals surface area (Å²) in [4.78, 5) is 27.8. The van der Waals surface area contributed by atoms with Crippen LogP contribution in [0.3, 0.4) is 0 Å². The molecular formula is C14H16N4O2. The van der Waals surface area contributed by atoms with E-state index in [9.17, 15) is 9.59 Å². The van der Waals surface area contributed by atoms with Crippen LogP contribution in [-0.4, -0.2) is 35.5 Å². The normalized spacial score (nSPS) is 10.1. The summed E-state index contributed by atoms with van der Waals surface area (Å²) in [5.74, 6) is -0.715. The van der Waals surface area contributed by atoms with E-state index in [-0.39, 0.29) is 23.2 Å². The predicted molar refractivity (Wildman–Crippen MR) is 74.6 cm³/mol. The van der Waals surface area contributed by atoms with Gasteiger partial charge in [-0.15, -0.1) is 0 Å². The van der Waals surface area contributed by atoms with E-state index in [1.165, 1.54) is 20.4 Å². The number of hydrogen-bond acceptors (Lipinski definition) is 3. The summed E-state index contributed by atoms with van der Waals surface area (Å²) in [6.45, 7) is 0.480. The van der Waals surface area contributed by atoms with Gasteiger partial charge in [-0.3, -0.25) is 9.59 Å². The van der Waals surface area contributed by atoms with Crippen LogP contribution in [0.2, 0.25) is 0 Å². The van der Waals surface area contributed by atoms with Crippen LogP contribution in [0.5, 0.6) is 0 Å². The molecular weight excluding hydrogens is 256 g/mol. The summed E-state index contributed by atoms with van der Waals surface area (Å²) in [5.41, 5.74) is 1.41. The van der Waals surface area contributed by atoms with Gasteiger partial charge in [0.2, 0.25) is 0 Å². The number of nitrogens with zero attached hydrogens (tertiary/aromatic N) is 2. The van der Waals surface area contributed by atoms with Crippen molar-refractivity contribution in [1.82, 2.24) is 20.2 Å². The molecule has 1 aromatic heterocycles. The van der Waals surface area contributed by atoms with Gasteiger partial charge in [0.25, 0.3) is 11.8 Å². The van der Waals surface area contributed by atoms with Crippen LogP contribution < -0.4 is 10.6 Å². The Hall–Kier alpha value is -2.63. The first kappa shape index (κ1) is 13.8. The Balaban J connectivity index is 2.40. The molecule has 2 aromatic rings. The van der Waals surface area contributed by atoms with Crippen molar-refractivity contribution in [3.05, 3.63) is 53.6 Å². The Morgan fingerprint density at radius 3 is 2.35 bits per heavy atom. The third-order valence-corrected chi connectivity index (χ3v) is 2.92. The summed E-state index contributed by atoms with van der Waals surface area (Å²) in [7, 11) is 3.03. The molecule has 2 rings (SSSR count). The molecule has 6 nitrogen and oxygen atoms in total. The Labute approximate surface area is 116 Å². The van der Waals surface area contributed by atoms with Crippen LogP contribution in [0.4, 0.5) is 0 Å². The molecule has 20 heavy (non-hydrogen) atoms. The van der Waals surface area contributed by atoms with Crippen LogP contribution >= 0.6 is 0 Å². The molecule has 1 heterocycles. The molecule has 0 aliphatic carbocycles. The fourth-order valence-electron chi connectivity index (χ4n) is 1.92. The number of benzene rings is 1. The number of imidazole rings is 1. The smallest absolute Gasteiger partial charge is 0.272 e. The Morgan fingerprint density at radius 1 is 1.10 bits per heavy atom. The highest BCUT2D eigenvalue weighted by molar-refractivity contribution is 6.04. The second-order valence-electron chi connectivity index (χ2n) is 4.21. The number of amides is 2. The van der Waals surface area contributed by atoms with Crippen molar-refractivity contribution in [3.63, 3.8) is 0 Å². The maximum Gasteiger partial charge on any atom is 0.272 e. The molecule has 6 heteroatoms. The van der Waals surface area contributed by atoms with Gasteiger partial charge in [-0.25, -0.2) is 4.98 Å². The van der Waals surface area contributed by atoms with Gasteiger partial charge in [0.05, 0.1) is 6.33 Å². The molecule has 1 aromatic carbocycles. The minimum atomic E-state index is -0.379. The molecule has 0 radical (unpaired) electrons. The average Bonchev–Trinajstić information content (AvgIpc) is 2.90. The lowest BCUT2D eigenvalue weighted by Gasteiger charge is -2.08. The molecule has 0 saturated heterocycles. The van der Waals surface area contributed by atoms with Crippen LogP contribution in [-0.2, 0) is 6.54 Å². The lowest BCUT2D eigenvalue weighted by molar-refractivity contribution is 0.0921. The van der Waals surface area contributed by atoms with Gasteiger partial charge in [0.15, 0.2) is 5.69 Å². The van der Waals surface area contributed by atoms with Gasteiger partial charge in [0, 0.05) is 20.6 Å². The topological polar surface area (TPSA) is 76.0 Å². The molecule has 0 bridgehead atoms. The zero-order chi connectivity index (χ0) is 14.5. The first-order valence-electron chi connectivity index (χ1n) is 6.20. The quantitative estimate of drug-likeness (QED) is 0.858. The van der Waals surface area contributed by atoms with Crippen molar-refractivity contribution < 1.29 is 9.59 Å². The Morgan fingerprint density at radius 2 is 1.75 bits per heavy atom. The summed E-state index contributed by atoms with van der Waals surface area (Å²) >= 11 is 0. The Bertz CT molecular complexity index is 619. The monoisotopic (exact) mass is 272 g/mol. The number of rotatable bonds is 4. The molecule has 0 saturated carbocycles. The van der Waals surface area contributed by atoms with Crippen LogP contribution in [0.15, 0.2) is 36.7 Å². The van der Waals surface area contributed by atoms with Crippen LogP contribution in [0.1, 0.15) is 26.5 Å². The van der Waals surface area contributed by atoms with Gasteiger partial charge in [-0.05, 0) is 5.56 Å². The highest BCUT2D eigenvalue weighted by atomic mass is 16.2. The van der Waals surface area contributed by atoms with E-state index >= 15 is 0 Å².